The van der Waals surface area contributed by atoms with Gasteiger partial charge < -0.3 is 5.11 Å². The predicted molar refractivity (Wildman–Crippen MR) is 66.8 cm³/mol. The van der Waals surface area contributed by atoms with Crippen LogP contribution in [0.4, 0.5) is 4.39 Å². The van der Waals surface area contributed by atoms with E-state index in [-0.39, 0.29) is 18.2 Å². The third kappa shape index (κ3) is 3.29. The molecule has 1 atom stereocenters. The van der Waals surface area contributed by atoms with Gasteiger partial charge in [0.2, 0.25) is 0 Å². The molecule has 18 heavy (non-hydrogen) atoms. The number of carboxylic acids is 1. The highest BCUT2D eigenvalue weighted by molar-refractivity contribution is 5.67. The molecule has 1 aliphatic rings. The quantitative estimate of drug-likeness (QED) is 0.893. The van der Waals surface area contributed by atoms with Gasteiger partial charge in [-0.25, -0.2) is 4.39 Å². The molecule has 1 aromatic rings. The Hall–Kier alpha value is -1.42. The molecule has 3 nitrogen and oxygen atoms in total. The normalized spacial score (nSPS) is 20.2. The SMILES string of the molecule is Cc1ccc(F)cc1CN1CCC(CC(=O)O)C1. The first kappa shape index (κ1) is 13.0. The second kappa shape index (κ2) is 5.48. The molecular formula is C14H18FNO2. The van der Waals surface area contributed by atoms with Gasteiger partial charge in [0.1, 0.15) is 5.82 Å². The summed E-state index contributed by atoms with van der Waals surface area (Å²) in [6, 6.07) is 4.82. The van der Waals surface area contributed by atoms with Crippen LogP contribution in [0.15, 0.2) is 18.2 Å². The second-order valence-corrected chi connectivity index (χ2v) is 5.06. The minimum absolute atomic E-state index is 0.211. The van der Waals surface area contributed by atoms with Crippen molar-refractivity contribution in [3.05, 3.63) is 35.1 Å². The van der Waals surface area contributed by atoms with E-state index >= 15 is 0 Å². The number of carboxylic acid groups (broad SMARTS) is 1. The molecule has 1 fully saturated rings. The summed E-state index contributed by atoms with van der Waals surface area (Å²) in [6.45, 7) is 4.37. The number of rotatable bonds is 4. The van der Waals surface area contributed by atoms with E-state index in [1.807, 2.05) is 6.92 Å². The summed E-state index contributed by atoms with van der Waals surface area (Å²) >= 11 is 0. The number of carbonyl (C=O) groups is 1. The van der Waals surface area contributed by atoms with Crippen molar-refractivity contribution in [2.75, 3.05) is 13.1 Å². The van der Waals surface area contributed by atoms with Crippen LogP contribution < -0.4 is 0 Å². The van der Waals surface area contributed by atoms with Gasteiger partial charge in [0, 0.05) is 19.5 Å². The lowest BCUT2D eigenvalue weighted by Crippen LogP contribution is -2.21. The zero-order valence-electron chi connectivity index (χ0n) is 10.5. The number of halogens is 1. The zero-order valence-corrected chi connectivity index (χ0v) is 10.5. The van der Waals surface area contributed by atoms with Crippen molar-refractivity contribution >= 4 is 5.97 Å². The van der Waals surface area contributed by atoms with Gasteiger partial charge in [0.25, 0.3) is 0 Å². The Labute approximate surface area is 106 Å². The summed E-state index contributed by atoms with van der Waals surface area (Å²) in [6.07, 6.45) is 1.15. The van der Waals surface area contributed by atoms with Gasteiger partial charge in [-0.05, 0) is 49.1 Å². The number of hydrogen-bond donors (Lipinski definition) is 1. The fourth-order valence-electron chi connectivity index (χ4n) is 2.52. The van der Waals surface area contributed by atoms with E-state index < -0.39 is 5.97 Å². The number of aryl methyl sites for hydroxylation is 1. The molecule has 1 N–H and O–H groups in total. The van der Waals surface area contributed by atoms with Gasteiger partial charge in [-0.2, -0.15) is 0 Å². The Kier molecular flexibility index (Phi) is 3.97. The highest BCUT2D eigenvalue weighted by Crippen LogP contribution is 2.22. The van der Waals surface area contributed by atoms with E-state index in [2.05, 4.69) is 4.90 Å². The summed E-state index contributed by atoms with van der Waals surface area (Å²) in [5.74, 6) is -0.711. The molecule has 2 rings (SSSR count). The summed E-state index contributed by atoms with van der Waals surface area (Å²) < 4.78 is 13.2. The van der Waals surface area contributed by atoms with E-state index in [4.69, 9.17) is 5.11 Å². The summed E-state index contributed by atoms with van der Waals surface area (Å²) in [4.78, 5) is 12.9. The second-order valence-electron chi connectivity index (χ2n) is 5.06. The van der Waals surface area contributed by atoms with Crippen molar-refractivity contribution in [3.8, 4) is 0 Å². The van der Waals surface area contributed by atoms with Crippen molar-refractivity contribution in [1.82, 2.24) is 4.90 Å². The molecule has 1 heterocycles. The first-order valence-corrected chi connectivity index (χ1v) is 6.24. The van der Waals surface area contributed by atoms with Crippen molar-refractivity contribution in [3.63, 3.8) is 0 Å². The Morgan fingerprint density at radius 3 is 3.06 bits per heavy atom. The minimum atomic E-state index is -0.733. The van der Waals surface area contributed by atoms with Crippen molar-refractivity contribution < 1.29 is 14.3 Å². The van der Waals surface area contributed by atoms with E-state index in [1.165, 1.54) is 6.07 Å². The third-order valence-corrected chi connectivity index (χ3v) is 3.54. The average molecular weight is 251 g/mol. The Morgan fingerprint density at radius 1 is 1.56 bits per heavy atom. The van der Waals surface area contributed by atoms with Gasteiger partial charge in [-0.3, -0.25) is 9.69 Å². The zero-order chi connectivity index (χ0) is 13.1. The van der Waals surface area contributed by atoms with Crippen LogP contribution in [0.2, 0.25) is 0 Å². The molecule has 1 aromatic carbocycles. The standard InChI is InChI=1S/C14H18FNO2/c1-10-2-3-13(15)7-12(10)9-16-5-4-11(8-16)6-14(17)18/h2-3,7,11H,4-6,8-9H2,1H3,(H,17,18). The molecular weight excluding hydrogens is 233 g/mol. The monoisotopic (exact) mass is 251 g/mol. The molecule has 0 saturated carbocycles. The fraction of sp³-hybridized carbons (Fsp3) is 0.500. The highest BCUT2D eigenvalue weighted by Gasteiger charge is 2.24. The van der Waals surface area contributed by atoms with Crippen LogP contribution in [0.25, 0.3) is 0 Å². The maximum atomic E-state index is 13.2. The third-order valence-electron chi connectivity index (χ3n) is 3.54. The van der Waals surface area contributed by atoms with Crippen molar-refractivity contribution in [2.45, 2.75) is 26.3 Å². The Bertz CT molecular complexity index is 447. The molecule has 4 heteroatoms. The highest BCUT2D eigenvalue weighted by atomic mass is 19.1. The van der Waals surface area contributed by atoms with Gasteiger partial charge in [0.15, 0.2) is 0 Å². The average Bonchev–Trinajstić information content (AvgIpc) is 2.70. The van der Waals surface area contributed by atoms with Crippen LogP contribution >= 0.6 is 0 Å². The lowest BCUT2D eigenvalue weighted by Gasteiger charge is -2.17. The number of likely N-dealkylation sites (tertiary alicyclic amines) is 1. The summed E-state index contributed by atoms with van der Waals surface area (Å²) in [7, 11) is 0. The van der Waals surface area contributed by atoms with E-state index in [0.29, 0.717) is 6.54 Å². The van der Waals surface area contributed by atoms with Crippen molar-refractivity contribution in [2.24, 2.45) is 5.92 Å². The van der Waals surface area contributed by atoms with Crippen LogP contribution in [0.1, 0.15) is 24.0 Å². The maximum absolute atomic E-state index is 13.2. The van der Waals surface area contributed by atoms with Crippen LogP contribution in [0.5, 0.6) is 0 Å². The molecule has 0 aromatic heterocycles. The van der Waals surface area contributed by atoms with Gasteiger partial charge in [-0.1, -0.05) is 6.07 Å². The van der Waals surface area contributed by atoms with Crippen LogP contribution in [0.3, 0.4) is 0 Å². The minimum Gasteiger partial charge on any atom is -0.481 e. The largest absolute Gasteiger partial charge is 0.481 e. The van der Waals surface area contributed by atoms with E-state index in [0.717, 1.165) is 30.6 Å². The van der Waals surface area contributed by atoms with Gasteiger partial charge in [-0.15, -0.1) is 0 Å². The molecule has 0 amide bonds. The van der Waals surface area contributed by atoms with Crippen LogP contribution in [-0.4, -0.2) is 29.1 Å². The Morgan fingerprint density at radius 2 is 2.33 bits per heavy atom. The molecule has 0 bridgehead atoms. The van der Waals surface area contributed by atoms with Gasteiger partial charge >= 0.3 is 5.97 Å². The first-order valence-electron chi connectivity index (χ1n) is 6.24. The number of hydrogen-bond acceptors (Lipinski definition) is 2. The predicted octanol–water partition coefficient (Wildman–Crippen LogP) is 2.43. The first-order chi connectivity index (χ1) is 8.54. The molecule has 1 saturated heterocycles. The lowest BCUT2D eigenvalue weighted by molar-refractivity contribution is -0.138. The van der Waals surface area contributed by atoms with Crippen molar-refractivity contribution in [1.29, 1.82) is 0 Å². The fourth-order valence-corrected chi connectivity index (χ4v) is 2.52. The van der Waals surface area contributed by atoms with Crippen LogP contribution in [-0.2, 0) is 11.3 Å². The van der Waals surface area contributed by atoms with Gasteiger partial charge in [0.05, 0.1) is 0 Å². The molecule has 98 valence electrons. The number of benzene rings is 1. The lowest BCUT2D eigenvalue weighted by atomic mass is 10.1. The molecule has 0 aliphatic carbocycles. The maximum Gasteiger partial charge on any atom is 0.303 e. The topological polar surface area (TPSA) is 40.5 Å². The molecule has 1 unspecified atom stereocenters. The van der Waals surface area contributed by atoms with E-state index in [9.17, 15) is 9.18 Å². The Balaban J connectivity index is 1.95. The smallest absolute Gasteiger partial charge is 0.303 e. The number of nitrogens with zero attached hydrogens (tertiary/aromatic N) is 1. The summed E-state index contributed by atoms with van der Waals surface area (Å²) in [5, 5.41) is 8.76. The molecule has 0 spiro atoms. The number of aliphatic carboxylic acids is 1. The van der Waals surface area contributed by atoms with E-state index in [1.54, 1.807) is 12.1 Å². The summed E-state index contributed by atoms with van der Waals surface area (Å²) in [5.41, 5.74) is 2.07. The van der Waals surface area contributed by atoms with Crippen LogP contribution in [0, 0.1) is 18.7 Å². The molecule has 0 radical (unpaired) electrons. The molecule has 1 aliphatic heterocycles.